The van der Waals surface area contributed by atoms with Crippen molar-refractivity contribution in [2.24, 2.45) is 0 Å². The smallest absolute Gasteiger partial charge is 0.129 e. The standard InChI is InChI=1S/C9H11FO2/c1-6(11)8-5-7(12-2)3-4-9(8)10/h3-6,11H,1-2H3. The van der Waals surface area contributed by atoms with Crippen LogP contribution in [0.5, 0.6) is 5.75 Å². The Balaban J connectivity index is 3.08. The number of aliphatic hydroxyl groups excluding tert-OH is 1. The van der Waals surface area contributed by atoms with E-state index in [0.717, 1.165) is 0 Å². The first kappa shape index (κ1) is 9.00. The zero-order valence-electron chi connectivity index (χ0n) is 7.04. The highest BCUT2D eigenvalue weighted by Crippen LogP contribution is 2.21. The van der Waals surface area contributed by atoms with Gasteiger partial charge in [-0.2, -0.15) is 0 Å². The average molecular weight is 170 g/mol. The highest BCUT2D eigenvalue weighted by molar-refractivity contribution is 5.30. The number of hydrogen-bond donors (Lipinski definition) is 1. The van der Waals surface area contributed by atoms with Gasteiger partial charge in [-0.15, -0.1) is 0 Å². The second-order valence-electron chi connectivity index (χ2n) is 2.56. The molecule has 0 aromatic heterocycles. The number of ether oxygens (including phenoxy) is 1. The normalized spacial score (nSPS) is 12.7. The van der Waals surface area contributed by atoms with E-state index in [0.29, 0.717) is 5.75 Å². The lowest BCUT2D eigenvalue weighted by molar-refractivity contribution is 0.193. The minimum Gasteiger partial charge on any atom is -0.497 e. The summed E-state index contributed by atoms with van der Waals surface area (Å²) in [6.45, 7) is 1.51. The van der Waals surface area contributed by atoms with Crippen LogP contribution in [-0.2, 0) is 0 Å². The second kappa shape index (κ2) is 3.54. The van der Waals surface area contributed by atoms with E-state index >= 15 is 0 Å². The van der Waals surface area contributed by atoms with Gasteiger partial charge >= 0.3 is 0 Å². The van der Waals surface area contributed by atoms with E-state index in [1.54, 1.807) is 0 Å². The summed E-state index contributed by atoms with van der Waals surface area (Å²) in [7, 11) is 1.50. The Morgan fingerprint density at radius 1 is 1.50 bits per heavy atom. The van der Waals surface area contributed by atoms with E-state index in [-0.39, 0.29) is 5.56 Å². The third-order valence-corrected chi connectivity index (χ3v) is 1.65. The molecule has 1 atom stereocenters. The summed E-state index contributed by atoms with van der Waals surface area (Å²) in [4.78, 5) is 0. The zero-order valence-corrected chi connectivity index (χ0v) is 7.04. The number of methoxy groups -OCH3 is 1. The van der Waals surface area contributed by atoms with Crippen LogP contribution < -0.4 is 4.74 Å². The van der Waals surface area contributed by atoms with Crippen molar-refractivity contribution < 1.29 is 14.2 Å². The average Bonchev–Trinajstić information content (AvgIpc) is 2.05. The van der Waals surface area contributed by atoms with Gasteiger partial charge in [0.05, 0.1) is 13.2 Å². The minimum absolute atomic E-state index is 0.259. The molecular formula is C9H11FO2. The van der Waals surface area contributed by atoms with E-state index in [1.165, 1.54) is 32.2 Å². The van der Waals surface area contributed by atoms with Crippen molar-refractivity contribution in [3.05, 3.63) is 29.6 Å². The summed E-state index contributed by atoms with van der Waals surface area (Å²) in [6, 6.07) is 4.28. The van der Waals surface area contributed by atoms with Crippen molar-refractivity contribution in [2.75, 3.05) is 7.11 Å². The molecule has 3 heteroatoms. The number of halogens is 1. The van der Waals surface area contributed by atoms with Gasteiger partial charge in [0.1, 0.15) is 11.6 Å². The van der Waals surface area contributed by atoms with Crippen molar-refractivity contribution in [3.8, 4) is 5.75 Å². The molecule has 1 N–H and O–H groups in total. The zero-order chi connectivity index (χ0) is 9.14. The van der Waals surface area contributed by atoms with Crippen LogP contribution >= 0.6 is 0 Å². The van der Waals surface area contributed by atoms with Gasteiger partial charge in [-0.25, -0.2) is 4.39 Å². The Labute approximate surface area is 70.6 Å². The summed E-state index contributed by atoms with van der Waals surface area (Å²) in [5.74, 6) is 0.137. The van der Waals surface area contributed by atoms with E-state index in [1.807, 2.05) is 0 Å². The SMILES string of the molecule is COc1ccc(F)c(C(C)O)c1. The third kappa shape index (κ3) is 1.74. The Kier molecular flexibility index (Phi) is 2.65. The van der Waals surface area contributed by atoms with Crippen LogP contribution in [0.25, 0.3) is 0 Å². The first-order valence-electron chi connectivity index (χ1n) is 3.66. The van der Waals surface area contributed by atoms with Crippen molar-refractivity contribution in [1.29, 1.82) is 0 Å². The van der Waals surface area contributed by atoms with E-state index in [9.17, 15) is 4.39 Å². The van der Waals surface area contributed by atoms with Gasteiger partial charge in [0.15, 0.2) is 0 Å². The fraction of sp³-hybridized carbons (Fsp3) is 0.333. The predicted molar refractivity (Wildman–Crippen MR) is 43.6 cm³/mol. The summed E-state index contributed by atoms with van der Waals surface area (Å²) in [6.07, 6.45) is -0.805. The van der Waals surface area contributed by atoms with Gasteiger partial charge in [0.2, 0.25) is 0 Å². The molecule has 12 heavy (non-hydrogen) atoms. The van der Waals surface area contributed by atoms with Crippen molar-refractivity contribution in [3.63, 3.8) is 0 Å². The lowest BCUT2D eigenvalue weighted by atomic mass is 10.1. The molecule has 2 nitrogen and oxygen atoms in total. The fourth-order valence-corrected chi connectivity index (χ4v) is 0.969. The van der Waals surface area contributed by atoms with Gasteiger partial charge < -0.3 is 9.84 Å². The molecule has 0 amide bonds. The van der Waals surface area contributed by atoms with Gasteiger partial charge in [-0.1, -0.05) is 0 Å². The summed E-state index contributed by atoms with van der Waals surface area (Å²) < 4.78 is 17.8. The molecule has 0 saturated carbocycles. The quantitative estimate of drug-likeness (QED) is 0.734. The molecule has 0 aliphatic rings. The molecule has 0 bridgehead atoms. The van der Waals surface area contributed by atoms with E-state index < -0.39 is 11.9 Å². The Hall–Kier alpha value is -1.09. The predicted octanol–water partition coefficient (Wildman–Crippen LogP) is 1.89. The number of benzene rings is 1. The largest absolute Gasteiger partial charge is 0.497 e. The van der Waals surface area contributed by atoms with Crippen LogP contribution in [-0.4, -0.2) is 12.2 Å². The lowest BCUT2D eigenvalue weighted by Gasteiger charge is -2.07. The minimum atomic E-state index is -0.805. The van der Waals surface area contributed by atoms with Crippen LogP contribution in [0.3, 0.4) is 0 Å². The van der Waals surface area contributed by atoms with Crippen LogP contribution in [0, 0.1) is 5.82 Å². The molecule has 0 spiro atoms. The topological polar surface area (TPSA) is 29.5 Å². The molecule has 1 unspecified atom stereocenters. The van der Waals surface area contributed by atoms with Gasteiger partial charge in [0, 0.05) is 5.56 Å². The molecule has 0 heterocycles. The van der Waals surface area contributed by atoms with Crippen LogP contribution in [0.1, 0.15) is 18.6 Å². The molecular weight excluding hydrogens is 159 g/mol. The second-order valence-corrected chi connectivity index (χ2v) is 2.56. The summed E-state index contributed by atoms with van der Waals surface area (Å²) >= 11 is 0. The first-order valence-corrected chi connectivity index (χ1v) is 3.66. The summed E-state index contributed by atoms with van der Waals surface area (Å²) in [5, 5.41) is 9.13. The Bertz CT molecular complexity index is 271. The molecule has 0 radical (unpaired) electrons. The molecule has 1 aromatic carbocycles. The summed E-state index contributed by atoms with van der Waals surface area (Å²) in [5.41, 5.74) is 0.259. The number of rotatable bonds is 2. The molecule has 0 fully saturated rings. The Morgan fingerprint density at radius 2 is 2.17 bits per heavy atom. The lowest BCUT2D eigenvalue weighted by Crippen LogP contribution is -1.96. The molecule has 1 rings (SSSR count). The maximum Gasteiger partial charge on any atom is 0.129 e. The van der Waals surface area contributed by atoms with Gasteiger partial charge in [-0.05, 0) is 25.1 Å². The maximum absolute atomic E-state index is 12.9. The fourth-order valence-electron chi connectivity index (χ4n) is 0.969. The van der Waals surface area contributed by atoms with Crippen LogP contribution in [0.4, 0.5) is 4.39 Å². The number of hydrogen-bond acceptors (Lipinski definition) is 2. The molecule has 66 valence electrons. The monoisotopic (exact) mass is 170 g/mol. The molecule has 0 aliphatic heterocycles. The first-order chi connectivity index (χ1) is 5.65. The van der Waals surface area contributed by atoms with Gasteiger partial charge in [-0.3, -0.25) is 0 Å². The molecule has 1 aromatic rings. The maximum atomic E-state index is 12.9. The highest BCUT2D eigenvalue weighted by atomic mass is 19.1. The molecule has 0 aliphatic carbocycles. The molecule has 0 saturated heterocycles. The van der Waals surface area contributed by atoms with Crippen LogP contribution in [0.2, 0.25) is 0 Å². The van der Waals surface area contributed by atoms with Crippen molar-refractivity contribution >= 4 is 0 Å². The van der Waals surface area contributed by atoms with Crippen molar-refractivity contribution in [1.82, 2.24) is 0 Å². The Morgan fingerprint density at radius 3 is 2.67 bits per heavy atom. The highest BCUT2D eigenvalue weighted by Gasteiger charge is 2.08. The third-order valence-electron chi connectivity index (χ3n) is 1.65. The van der Waals surface area contributed by atoms with E-state index in [2.05, 4.69) is 0 Å². The van der Waals surface area contributed by atoms with E-state index in [4.69, 9.17) is 9.84 Å². The van der Waals surface area contributed by atoms with Gasteiger partial charge in [0.25, 0.3) is 0 Å². The van der Waals surface area contributed by atoms with Crippen molar-refractivity contribution in [2.45, 2.75) is 13.0 Å². The van der Waals surface area contributed by atoms with Crippen LogP contribution in [0.15, 0.2) is 18.2 Å². The number of aliphatic hydroxyl groups is 1.